The van der Waals surface area contributed by atoms with Gasteiger partial charge >= 0.3 is 0 Å². The van der Waals surface area contributed by atoms with Crippen LogP contribution >= 0.6 is 11.8 Å². The zero-order chi connectivity index (χ0) is 16.8. The molecule has 5 nitrogen and oxygen atoms in total. The average molecular weight is 350 g/mol. The topological polar surface area (TPSA) is 25.0 Å². The van der Waals surface area contributed by atoms with Crippen LogP contribution in [0.3, 0.4) is 0 Å². The van der Waals surface area contributed by atoms with E-state index in [0.717, 1.165) is 31.3 Å². The first kappa shape index (κ1) is 16.6. The first-order valence-electron chi connectivity index (χ1n) is 9.27. The van der Waals surface area contributed by atoms with Crippen molar-refractivity contribution in [3.05, 3.63) is 23.0 Å². The number of likely N-dealkylation sites (N-methyl/N-ethyl adjacent to an activating group) is 2. The molecule has 6 heteroatoms. The summed E-state index contributed by atoms with van der Waals surface area (Å²) < 4.78 is 0. The molecule has 3 heterocycles. The van der Waals surface area contributed by atoms with Crippen LogP contribution in [0, 0.1) is 11.8 Å². The van der Waals surface area contributed by atoms with Crippen molar-refractivity contribution in [2.24, 2.45) is 11.8 Å². The molecule has 1 saturated heterocycles. The Morgan fingerprint density at radius 3 is 2.62 bits per heavy atom. The quantitative estimate of drug-likeness (QED) is 0.813. The number of nitrogens with zero attached hydrogens (tertiary/aromatic N) is 4. The second kappa shape index (κ2) is 6.46. The van der Waals surface area contributed by atoms with Crippen molar-refractivity contribution in [2.45, 2.75) is 31.4 Å². The van der Waals surface area contributed by atoms with Crippen LogP contribution in [0.4, 0.5) is 0 Å². The van der Waals surface area contributed by atoms with E-state index in [1.165, 1.54) is 30.9 Å². The molecular weight excluding hydrogens is 318 g/mol. The fraction of sp³-hybridized carbons (Fsp3) is 0.778. The van der Waals surface area contributed by atoms with Crippen molar-refractivity contribution in [3.63, 3.8) is 0 Å². The summed E-state index contributed by atoms with van der Waals surface area (Å²) in [5.74, 6) is 3.25. The van der Waals surface area contributed by atoms with Crippen molar-refractivity contribution < 1.29 is 0 Å². The molecule has 3 aliphatic heterocycles. The molecule has 0 aromatic heterocycles. The zero-order valence-electron chi connectivity index (χ0n) is 15.4. The number of nitrogens with one attached hydrogen (secondary N) is 1. The molecule has 4 rings (SSSR count). The van der Waals surface area contributed by atoms with E-state index in [-0.39, 0.29) is 0 Å². The molecule has 2 fully saturated rings. The Kier molecular flexibility index (Phi) is 4.47. The van der Waals surface area contributed by atoms with Gasteiger partial charge in [0.1, 0.15) is 17.5 Å². The Balaban J connectivity index is 1.42. The van der Waals surface area contributed by atoms with Gasteiger partial charge in [0.05, 0.1) is 0 Å². The van der Waals surface area contributed by atoms with Crippen molar-refractivity contribution in [3.8, 4) is 0 Å². The van der Waals surface area contributed by atoms with Crippen molar-refractivity contribution in [2.75, 3.05) is 47.3 Å². The van der Waals surface area contributed by atoms with Gasteiger partial charge in [-0.15, -0.1) is 11.8 Å². The highest BCUT2D eigenvalue weighted by molar-refractivity contribution is 8.03. The second-order valence-electron chi connectivity index (χ2n) is 7.87. The van der Waals surface area contributed by atoms with E-state index in [1.54, 1.807) is 0 Å². The number of hydrogen-bond acceptors (Lipinski definition) is 6. The van der Waals surface area contributed by atoms with E-state index in [2.05, 4.69) is 64.6 Å². The van der Waals surface area contributed by atoms with E-state index in [4.69, 9.17) is 0 Å². The minimum Gasteiger partial charge on any atom is -0.371 e. The first-order chi connectivity index (χ1) is 11.6. The predicted octanol–water partition coefficient (Wildman–Crippen LogP) is 1.79. The molecule has 4 aliphatic rings. The minimum atomic E-state index is 0.419. The number of rotatable bonds is 5. The molecule has 134 valence electrons. The fourth-order valence-electron chi connectivity index (χ4n) is 4.54. The lowest BCUT2D eigenvalue weighted by molar-refractivity contribution is -0.0247. The van der Waals surface area contributed by atoms with Crippen LogP contribution in [-0.4, -0.2) is 78.6 Å². The monoisotopic (exact) mass is 349 g/mol. The van der Waals surface area contributed by atoms with Gasteiger partial charge in [0.25, 0.3) is 0 Å². The summed E-state index contributed by atoms with van der Waals surface area (Å²) in [6.45, 7) is 6.89. The van der Waals surface area contributed by atoms with Crippen LogP contribution in [0.25, 0.3) is 0 Å². The van der Waals surface area contributed by atoms with E-state index in [9.17, 15) is 0 Å². The van der Waals surface area contributed by atoms with Gasteiger partial charge < -0.3 is 15.1 Å². The smallest absolute Gasteiger partial charge is 0.139 e. The van der Waals surface area contributed by atoms with Gasteiger partial charge in [-0.25, -0.2) is 0 Å². The van der Waals surface area contributed by atoms with Gasteiger partial charge in [0.2, 0.25) is 0 Å². The van der Waals surface area contributed by atoms with Crippen LogP contribution in [0.1, 0.15) is 19.8 Å². The number of likely N-dealkylation sites (tertiary alicyclic amines) is 1. The average Bonchev–Trinajstić information content (AvgIpc) is 2.98. The number of piperidine rings is 1. The van der Waals surface area contributed by atoms with Crippen LogP contribution in [0.15, 0.2) is 23.0 Å². The summed E-state index contributed by atoms with van der Waals surface area (Å²) in [5.41, 5.74) is 1.50. The normalized spacial score (nSPS) is 36.7. The van der Waals surface area contributed by atoms with Crippen molar-refractivity contribution >= 4 is 11.8 Å². The predicted molar refractivity (Wildman–Crippen MR) is 101 cm³/mol. The summed E-state index contributed by atoms with van der Waals surface area (Å²) in [6, 6.07) is 0. The maximum absolute atomic E-state index is 3.54. The lowest BCUT2D eigenvalue weighted by Crippen LogP contribution is -2.57. The molecule has 0 spiro atoms. The fourth-order valence-corrected chi connectivity index (χ4v) is 5.65. The molecule has 4 unspecified atom stereocenters. The summed E-state index contributed by atoms with van der Waals surface area (Å²) in [6.07, 6.45) is 5.47. The molecule has 0 bridgehead atoms. The van der Waals surface area contributed by atoms with Gasteiger partial charge in [-0.3, -0.25) is 9.80 Å². The largest absolute Gasteiger partial charge is 0.371 e. The summed E-state index contributed by atoms with van der Waals surface area (Å²) in [7, 11) is 6.73. The van der Waals surface area contributed by atoms with Gasteiger partial charge in [-0.05, 0) is 37.3 Å². The van der Waals surface area contributed by atoms with Gasteiger partial charge in [-0.1, -0.05) is 6.92 Å². The molecule has 24 heavy (non-hydrogen) atoms. The molecule has 1 N–H and O–H groups in total. The maximum atomic E-state index is 3.54. The maximum Gasteiger partial charge on any atom is 0.139 e. The third-order valence-electron chi connectivity index (χ3n) is 5.81. The molecular formula is C18H31N5S. The van der Waals surface area contributed by atoms with E-state index in [1.807, 2.05) is 11.8 Å². The first-order valence-corrected chi connectivity index (χ1v) is 10.2. The zero-order valence-corrected chi connectivity index (χ0v) is 16.2. The van der Waals surface area contributed by atoms with Gasteiger partial charge in [-0.2, -0.15) is 0 Å². The van der Waals surface area contributed by atoms with Crippen LogP contribution in [0.2, 0.25) is 0 Å². The Bertz CT molecular complexity index is 538. The Morgan fingerprint density at radius 1 is 1.21 bits per heavy atom. The number of hydrogen-bond donors (Lipinski definition) is 1. The Hall–Kier alpha value is -0.850. The molecule has 0 amide bonds. The molecule has 0 radical (unpaired) electrons. The molecule has 1 saturated carbocycles. The number of thioether (sulfide) groups is 1. The number of fused-ring (bicyclic) bond motifs is 1. The molecule has 1 aliphatic carbocycles. The SMILES string of the molecule is CCCNC1=CSC(C2=CN(C)C(N3CC4CC4C3)N(C)C2)N1C. The Morgan fingerprint density at radius 2 is 1.96 bits per heavy atom. The lowest BCUT2D eigenvalue weighted by atomic mass is 10.2. The van der Waals surface area contributed by atoms with E-state index < -0.39 is 0 Å². The van der Waals surface area contributed by atoms with E-state index in [0.29, 0.717) is 11.7 Å². The standard InChI is InChI=1S/C18H31N5S/c1-5-6-19-16-12-24-17(22(16)4)15-8-20(2)18(21(3)9-15)23-10-13-7-14(13)11-23/h8,12-14,17-19H,5-7,9-11H2,1-4H3. The third-order valence-corrected chi connectivity index (χ3v) is 7.04. The lowest BCUT2D eigenvalue weighted by Gasteiger charge is -2.46. The highest BCUT2D eigenvalue weighted by atomic mass is 32.2. The van der Waals surface area contributed by atoms with Crippen LogP contribution < -0.4 is 5.32 Å². The van der Waals surface area contributed by atoms with Gasteiger partial charge in [0.15, 0.2) is 0 Å². The van der Waals surface area contributed by atoms with Crippen LogP contribution in [-0.2, 0) is 0 Å². The summed E-state index contributed by atoms with van der Waals surface area (Å²) in [5, 5.41) is 6.24. The summed E-state index contributed by atoms with van der Waals surface area (Å²) >= 11 is 1.93. The van der Waals surface area contributed by atoms with Crippen molar-refractivity contribution in [1.82, 2.24) is 24.9 Å². The van der Waals surface area contributed by atoms with Crippen LogP contribution in [0.5, 0.6) is 0 Å². The summed E-state index contributed by atoms with van der Waals surface area (Å²) in [4.78, 5) is 10.0. The van der Waals surface area contributed by atoms with Crippen molar-refractivity contribution in [1.29, 1.82) is 0 Å². The highest BCUT2D eigenvalue weighted by Crippen LogP contribution is 2.46. The molecule has 0 aromatic carbocycles. The molecule has 0 aromatic rings. The van der Waals surface area contributed by atoms with E-state index >= 15 is 0 Å². The minimum absolute atomic E-state index is 0.419. The second-order valence-corrected chi connectivity index (χ2v) is 8.82. The molecule has 4 atom stereocenters. The third kappa shape index (κ3) is 2.93. The van der Waals surface area contributed by atoms with Gasteiger partial charge in [0, 0.05) is 51.9 Å². The Labute approximate surface area is 150 Å². The highest BCUT2D eigenvalue weighted by Gasteiger charge is 2.48.